The highest BCUT2D eigenvalue weighted by Gasteiger charge is 2.27. The number of ether oxygens (including phenoxy) is 1. The highest BCUT2D eigenvalue weighted by atomic mass is 16.5. The predicted octanol–water partition coefficient (Wildman–Crippen LogP) is 3.34. The van der Waals surface area contributed by atoms with Gasteiger partial charge in [-0.05, 0) is 36.2 Å². The number of anilines is 2. The molecule has 1 amide bonds. The Hall–Kier alpha value is -3.35. The van der Waals surface area contributed by atoms with E-state index >= 15 is 0 Å². The molecule has 7 nitrogen and oxygen atoms in total. The fraction of sp³-hybridized carbons (Fsp3) is 0.286. The highest BCUT2D eigenvalue weighted by molar-refractivity contribution is 5.77. The molecule has 4 rings (SSSR count). The second-order valence-electron chi connectivity index (χ2n) is 6.71. The number of carbonyl (C=O) groups is 1. The van der Waals surface area contributed by atoms with Crippen molar-refractivity contribution in [3.05, 3.63) is 65.7 Å². The van der Waals surface area contributed by atoms with Crippen LogP contribution in [-0.4, -0.2) is 34.6 Å². The van der Waals surface area contributed by atoms with Gasteiger partial charge >= 0.3 is 0 Å². The van der Waals surface area contributed by atoms with Gasteiger partial charge in [-0.3, -0.25) is 9.78 Å². The smallest absolute Gasteiger partial charge is 0.223 e. The Morgan fingerprint density at radius 3 is 2.96 bits per heavy atom. The van der Waals surface area contributed by atoms with Gasteiger partial charge in [-0.15, -0.1) is 0 Å². The van der Waals surface area contributed by atoms with E-state index in [1.165, 1.54) is 0 Å². The SMILES string of the molecule is COc1cccc(Nc2noc3c2CN(C(=O)CCc2ccncc2)CC3)c1. The number of hydrogen-bond acceptors (Lipinski definition) is 6. The first kappa shape index (κ1) is 18.0. The number of benzene rings is 1. The second kappa shape index (κ2) is 8.12. The maximum atomic E-state index is 12.7. The number of pyridine rings is 1. The molecule has 0 spiro atoms. The minimum Gasteiger partial charge on any atom is -0.497 e. The summed E-state index contributed by atoms with van der Waals surface area (Å²) in [5.41, 5.74) is 2.91. The summed E-state index contributed by atoms with van der Waals surface area (Å²) in [6.45, 7) is 1.15. The molecule has 0 saturated carbocycles. The summed E-state index contributed by atoms with van der Waals surface area (Å²) in [6.07, 6.45) is 5.36. The van der Waals surface area contributed by atoms with Crippen LogP contribution in [-0.2, 0) is 24.2 Å². The number of methoxy groups -OCH3 is 1. The summed E-state index contributed by atoms with van der Waals surface area (Å²) >= 11 is 0. The van der Waals surface area contributed by atoms with Crippen molar-refractivity contribution in [3.63, 3.8) is 0 Å². The van der Waals surface area contributed by atoms with E-state index in [0.29, 0.717) is 38.2 Å². The molecule has 0 radical (unpaired) electrons. The molecule has 0 aliphatic carbocycles. The number of hydrogen-bond donors (Lipinski definition) is 1. The van der Waals surface area contributed by atoms with Gasteiger partial charge in [0.15, 0.2) is 5.82 Å². The van der Waals surface area contributed by atoms with Crippen LogP contribution in [0.25, 0.3) is 0 Å². The van der Waals surface area contributed by atoms with Crippen molar-refractivity contribution in [2.45, 2.75) is 25.8 Å². The molecule has 1 N–H and O–H groups in total. The highest BCUT2D eigenvalue weighted by Crippen LogP contribution is 2.29. The number of nitrogens with zero attached hydrogens (tertiary/aromatic N) is 3. The van der Waals surface area contributed by atoms with E-state index < -0.39 is 0 Å². The molecule has 0 saturated heterocycles. The minimum absolute atomic E-state index is 0.135. The third kappa shape index (κ3) is 3.98. The molecule has 2 aromatic heterocycles. The lowest BCUT2D eigenvalue weighted by Crippen LogP contribution is -2.35. The van der Waals surface area contributed by atoms with E-state index in [4.69, 9.17) is 9.26 Å². The number of amides is 1. The topological polar surface area (TPSA) is 80.5 Å². The molecular formula is C21H22N4O3. The van der Waals surface area contributed by atoms with Crippen LogP contribution in [0.3, 0.4) is 0 Å². The van der Waals surface area contributed by atoms with E-state index in [1.54, 1.807) is 19.5 Å². The standard InChI is InChI=1S/C21H22N4O3/c1-27-17-4-2-3-16(13-17)23-21-18-14-25(12-9-19(18)28-24-21)20(26)6-5-15-7-10-22-11-8-15/h2-4,7-8,10-11,13H,5-6,9,12,14H2,1H3,(H,23,24). The van der Waals surface area contributed by atoms with Crippen LogP contribution >= 0.6 is 0 Å². The second-order valence-corrected chi connectivity index (χ2v) is 6.71. The van der Waals surface area contributed by atoms with Crippen LogP contribution in [0.4, 0.5) is 11.5 Å². The zero-order valence-corrected chi connectivity index (χ0v) is 15.7. The van der Waals surface area contributed by atoms with Crippen LogP contribution < -0.4 is 10.1 Å². The van der Waals surface area contributed by atoms with Crippen molar-refractivity contribution in [1.82, 2.24) is 15.0 Å². The van der Waals surface area contributed by atoms with Crippen molar-refractivity contribution in [3.8, 4) is 5.75 Å². The van der Waals surface area contributed by atoms with Gasteiger partial charge in [0.2, 0.25) is 5.91 Å². The molecule has 1 aromatic carbocycles. The molecule has 0 unspecified atom stereocenters. The molecule has 28 heavy (non-hydrogen) atoms. The Balaban J connectivity index is 1.43. The van der Waals surface area contributed by atoms with Gasteiger partial charge in [0.25, 0.3) is 0 Å². The molecule has 3 heterocycles. The number of aryl methyl sites for hydroxylation is 1. The summed E-state index contributed by atoms with van der Waals surface area (Å²) in [5, 5.41) is 7.44. The predicted molar refractivity (Wildman–Crippen MR) is 104 cm³/mol. The molecule has 1 aliphatic rings. The molecule has 7 heteroatoms. The Bertz CT molecular complexity index is 955. The normalized spacial score (nSPS) is 13.1. The Morgan fingerprint density at radius 2 is 2.14 bits per heavy atom. The number of rotatable bonds is 6. The largest absolute Gasteiger partial charge is 0.497 e. The third-order valence-corrected chi connectivity index (χ3v) is 4.89. The van der Waals surface area contributed by atoms with Gasteiger partial charge in [0.1, 0.15) is 11.5 Å². The first-order valence-electron chi connectivity index (χ1n) is 9.28. The van der Waals surface area contributed by atoms with E-state index in [9.17, 15) is 4.79 Å². The average Bonchev–Trinajstić information content (AvgIpc) is 3.15. The Morgan fingerprint density at radius 1 is 1.29 bits per heavy atom. The van der Waals surface area contributed by atoms with Gasteiger partial charge in [-0.1, -0.05) is 11.2 Å². The van der Waals surface area contributed by atoms with Crippen LogP contribution in [0, 0.1) is 0 Å². The lowest BCUT2D eigenvalue weighted by atomic mass is 10.1. The Kier molecular flexibility index (Phi) is 5.23. The van der Waals surface area contributed by atoms with E-state index in [0.717, 1.165) is 28.3 Å². The molecule has 0 fully saturated rings. The third-order valence-electron chi connectivity index (χ3n) is 4.89. The van der Waals surface area contributed by atoms with Crippen LogP contribution in [0.2, 0.25) is 0 Å². The monoisotopic (exact) mass is 378 g/mol. The van der Waals surface area contributed by atoms with Crippen molar-refractivity contribution in [2.75, 3.05) is 19.0 Å². The molecular weight excluding hydrogens is 356 g/mol. The van der Waals surface area contributed by atoms with Gasteiger partial charge < -0.3 is 19.5 Å². The fourth-order valence-corrected chi connectivity index (χ4v) is 3.32. The summed E-state index contributed by atoms with van der Waals surface area (Å²) in [6, 6.07) is 11.5. The molecule has 0 bridgehead atoms. The van der Waals surface area contributed by atoms with Gasteiger partial charge in [0, 0.05) is 43.5 Å². The van der Waals surface area contributed by atoms with Gasteiger partial charge in [0.05, 0.1) is 19.2 Å². The zero-order valence-electron chi connectivity index (χ0n) is 15.7. The Labute approximate surface area is 163 Å². The van der Waals surface area contributed by atoms with Crippen molar-refractivity contribution in [1.29, 1.82) is 0 Å². The van der Waals surface area contributed by atoms with Gasteiger partial charge in [-0.2, -0.15) is 0 Å². The number of fused-ring (bicyclic) bond motifs is 1. The summed E-state index contributed by atoms with van der Waals surface area (Å²) < 4.78 is 10.7. The quantitative estimate of drug-likeness (QED) is 0.709. The van der Waals surface area contributed by atoms with Crippen LogP contribution in [0.5, 0.6) is 5.75 Å². The average molecular weight is 378 g/mol. The fourth-order valence-electron chi connectivity index (χ4n) is 3.32. The summed E-state index contributed by atoms with van der Waals surface area (Å²) in [5.74, 6) is 2.38. The van der Waals surface area contributed by atoms with Crippen LogP contribution in [0.15, 0.2) is 53.3 Å². The van der Waals surface area contributed by atoms with Crippen molar-refractivity contribution in [2.24, 2.45) is 0 Å². The van der Waals surface area contributed by atoms with Gasteiger partial charge in [-0.25, -0.2) is 0 Å². The number of aromatic nitrogens is 2. The van der Waals surface area contributed by atoms with E-state index in [1.807, 2.05) is 41.3 Å². The summed E-state index contributed by atoms with van der Waals surface area (Å²) in [4.78, 5) is 18.6. The molecule has 1 aliphatic heterocycles. The van der Waals surface area contributed by atoms with Crippen molar-refractivity contribution >= 4 is 17.4 Å². The first-order chi connectivity index (χ1) is 13.7. The first-order valence-corrected chi connectivity index (χ1v) is 9.28. The lowest BCUT2D eigenvalue weighted by molar-refractivity contribution is -0.132. The molecule has 3 aromatic rings. The summed E-state index contributed by atoms with van der Waals surface area (Å²) in [7, 11) is 1.63. The maximum Gasteiger partial charge on any atom is 0.223 e. The minimum atomic E-state index is 0.135. The number of carbonyl (C=O) groups excluding carboxylic acids is 1. The maximum absolute atomic E-state index is 12.7. The molecule has 144 valence electrons. The van der Waals surface area contributed by atoms with Crippen molar-refractivity contribution < 1.29 is 14.1 Å². The van der Waals surface area contributed by atoms with E-state index in [-0.39, 0.29) is 5.91 Å². The zero-order chi connectivity index (χ0) is 19.3. The molecule has 0 atom stereocenters. The van der Waals surface area contributed by atoms with Crippen LogP contribution in [0.1, 0.15) is 23.3 Å². The lowest BCUT2D eigenvalue weighted by Gasteiger charge is -2.26. The number of nitrogens with one attached hydrogen (secondary N) is 1. The van der Waals surface area contributed by atoms with E-state index in [2.05, 4.69) is 15.5 Å².